The minimum absolute atomic E-state index is 0.182. The van der Waals surface area contributed by atoms with Gasteiger partial charge in [-0.1, -0.05) is 76.6 Å². The summed E-state index contributed by atoms with van der Waals surface area (Å²) in [5.41, 5.74) is 4.61. The summed E-state index contributed by atoms with van der Waals surface area (Å²) in [5, 5.41) is 10.0. The molecule has 1 heteroatoms. The van der Waals surface area contributed by atoms with Crippen LogP contribution in [0.5, 0.6) is 0 Å². The first kappa shape index (κ1) is 22.6. The summed E-state index contributed by atoms with van der Waals surface area (Å²) in [5.74, 6) is 3.58. The Morgan fingerprint density at radius 1 is 1.03 bits per heavy atom. The molecule has 0 aromatic heterocycles. The Morgan fingerprint density at radius 2 is 1.79 bits per heavy atom. The lowest BCUT2D eigenvalue weighted by atomic mass is 9.61. The smallest absolute Gasteiger partial charge is 0.0583 e. The van der Waals surface area contributed by atoms with Gasteiger partial charge in [-0.15, -0.1) is 0 Å². The molecule has 0 unspecified atom stereocenters. The fraction of sp³-hybridized carbons (Fsp3) is 0.714. The molecular formula is C28H44O. The van der Waals surface area contributed by atoms with Crippen LogP contribution in [0.2, 0.25) is 0 Å². The van der Waals surface area contributed by atoms with Gasteiger partial charge in [0.05, 0.1) is 6.10 Å². The average molecular weight is 397 g/mol. The van der Waals surface area contributed by atoms with Crippen LogP contribution in [-0.2, 0) is 0 Å². The molecule has 0 aliphatic heterocycles. The Morgan fingerprint density at radius 3 is 2.52 bits per heavy atom. The van der Waals surface area contributed by atoms with Gasteiger partial charge in [-0.3, -0.25) is 0 Å². The molecule has 29 heavy (non-hydrogen) atoms. The van der Waals surface area contributed by atoms with Crippen LogP contribution in [0.3, 0.4) is 0 Å². The van der Waals surface area contributed by atoms with E-state index in [9.17, 15) is 5.11 Å². The maximum Gasteiger partial charge on any atom is 0.0583 e. The van der Waals surface area contributed by atoms with Gasteiger partial charge in [-0.05, 0) is 91.9 Å². The molecule has 0 spiro atoms. The molecule has 0 radical (unpaired) electrons. The van der Waals surface area contributed by atoms with Crippen molar-refractivity contribution in [1.29, 1.82) is 0 Å². The fourth-order valence-electron chi connectivity index (χ4n) is 6.25. The van der Waals surface area contributed by atoms with Crippen molar-refractivity contribution in [3.63, 3.8) is 0 Å². The standard InChI is InChI=1S/C28H44O/c1-19(2)20(3)9-10-22(5)26-15-16-27-23(8-7-17-28(26,27)6)12-13-24-18-25(29)14-11-21(24)4/h9-10,12-13,19-20,22,25-27,29H,4,7-8,11,14-18H2,1-3,5-6H3/b10-9+,23-12+,24-13+/t20-,22-,25+,26-,27+,28-/m1/s1. The zero-order valence-corrected chi connectivity index (χ0v) is 19.6. The molecule has 3 aliphatic rings. The summed E-state index contributed by atoms with van der Waals surface area (Å²) in [6, 6.07) is 0. The van der Waals surface area contributed by atoms with E-state index in [1.807, 2.05) is 0 Å². The number of aliphatic hydroxyl groups is 1. The molecule has 0 aromatic rings. The third-order valence-electron chi connectivity index (χ3n) is 8.63. The first-order chi connectivity index (χ1) is 13.7. The van der Waals surface area contributed by atoms with Gasteiger partial charge in [0.15, 0.2) is 0 Å². The number of allylic oxidation sites excluding steroid dienone is 6. The first-order valence-corrected chi connectivity index (χ1v) is 12.2. The molecule has 1 nitrogen and oxygen atoms in total. The van der Waals surface area contributed by atoms with Gasteiger partial charge >= 0.3 is 0 Å². The Hall–Kier alpha value is -1.08. The zero-order chi connectivity index (χ0) is 21.2. The van der Waals surface area contributed by atoms with Gasteiger partial charge in [0.25, 0.3) is 0 Å². The third-order valence-corrected chi connectivity index (χ3v) is 8.63. The van der Waals surface area contributed by atoms with Gasteiger partial charge in [-0.2, -0.15) is 0 Å². The molecule has 0 amide bonds. The van der Waals surface area contributed by atoms with E-state index in [4.69, 9.17) is 0 Å². The summed E-state index contributed by atoms with van der Waals surface area (Å²) < 4.78 is 0. The van der Waals surface area contributed by atoms with Crippen molar-refractivity contribution >= 4 is 0 Å². The van der Waals surface area contributed by atoms with Gasteiger partial charge in [0.2, 0.25) is 0 Å². The average Bonchev–Trinajstić information content (AvgIpc) is 3.04. The fourth-order valence-corrected chi connectivity index (χ4v) is 6.25. The van der Waals surface area contributed by atoms with Crippen LogP contribution in [0.15, 0.2) is 47.6 Å². The molecule has 0 heterocycles. The Bertz CT molecular complexity index is 678. The van der Waals surface area contributed by atoms with Gasteiger partial charge in [0.1, 0.15) is 0 Å². The van der Waals surface area contributed by atoms with E-state index in [-0.39, 0.29) is 6.10 Å². The zero-order valence-electron chi connectivity index (χ0n) is 19.6. The summed E-state index contributed by atoms with van der Waals surface area (Å²) in [7, 11) is 0. The summed E-state index contributed by atoms with van der Waals surface area (Å²) in [6.45, 7) is 16.3. The monoisotopic (exact) mass is 396 g/mol. The molecule has 0 bridgehead atoms. The first-order valence-electron chi connectivity index (χ1n) is 12.2. The predicted molar refractivity (Wildman–Crippen MR) is 126 cm³/mol. The van der Waals surface area contributed by atoms with E-state index in [2.05, 4.69) is 65.5 Å². The van der Waals surface area contributed by atoms with Crippen molar-refractivity contribution in [3.8, 4) is 0 Å². The van der Waals surface area contributed by atoms with Crippen LogP contribution in [0, 0.1) is 35.0 Å². The quantitative estimate of drug-likeness (QED) is 0.473. The third kappa shape index (κ3) is 4.98. The molecule has 3 fully saturated rings. The lowest BCUT2D eigenvalue weighted by Gasteiger charge is -2.44. The minimum atomic E-state index is -0.182. The van der Waals surface area contributed by atoms with Crippen LogP contribution in [0.1, 0.15) is 86.0 Å². The van der Waals surface area contributed by atoms with E-state index >= 15 is 0 Å². The van der Waals surface area contributed by atoms with E-state index < -0.39 is 0 Å². The molecule has 3 aliphatic carbocycles. The van der Waals surface area contributed by atoms with Crippen molar-refractivity contribution < 1.29 is 5.11 Å². The Balaban J connectivity index is 1.75. The highest BCUT2D eigenvalue weighted by Gasteiger charge is 2.50. The molecule has 162 valence electrons. The van der Waals surface area contributed by atoms with Gasteiger partial charge in [0, 0.05) is 0 Å². The highest BCUT2D eigenvalue weighted by molar-refractivity contribution is 5.36. The summed E-state index contributed by atoms with van der Waals surface area (Å²) in [4.78, 5) is 0. The maximum atomic E-state index is 10.0. The second kappa shape index (κ2) is 9.38. The highest BCUT2D eigenvalue weighted by Crippen LogP contribution is 2.59. The molecule has 3 rings (SSSR count). The van der Waals surface area contributed by atoms with Crippen molar-refractivity contribution in [1.82, 2.24) is 0 Å². The number of aliphatic hydroxyl groups excluding tert-OH is 1. The molecule has 1 N–H and O–H groups in total. The van der Waals surface area contributed by atoms with Gasteiger partial charge < -0.3 is 5.11 Å². The van der Waals surface area contributed by atoms with Gasteiger partial charge in [-0.25, -0.2) is 0 Å². The van der Waals surface area contributed by atoms with Crippen LogP contribution in [0.25, 0.3) is 0 Å². The number of hydrogen-bond acceptors (Lipinski definition) is 1. The maximum absolute atomic E-state index is 10.0. The second-order valence-electron chi connectivity index (χ2n) is 10.9. The molecular weight excluding hydrogens is 352 g/mol. The minimum Gasteiger partial charge on any atom is -0.393 e. The summed E-state index contributed by atoms with van der Waals surface area (Å²) >= 11 is 0. The highest BCUT2D eigenvalue weighted by atomic mass is 16.3. The van der Waals surface area contributed by atoms with Crippen LogP contribution < -0.4 is 0 Å². The van der Waals surface area contributed by atoms with E-state index in [0.717, 1.165) is 37.0 Å². The molecule has 6 atom stereocenters. The second-order valence-corrected chi connectivity index (χ2v) is 10.9. The predicted octanol–water partition coefficient (Wildman–Crippen LogP) is 7.64. The largest absolute Gasteiger partial charge is 0.393 e. The normalized spacial score (nSPS) is 38.2. The van der Waals surface area contributed by atoms with Crippen molar-refractivity contribution in [3.05, 3.63) is 47.6 Å². The lowest BCUT2D eigenvalue weighted by Crippen LogP contribution is -2.35. The van der Waals surface area contributed by atoms with Crippen molar-refractivity contribution in [2.45, 2.75) is 92.1 Å². The van der Waals surface area contributed by atoms with E-state index in [1.165, 1.54) is 43.3 Å². The van der Waals surface area contributed by atoms with Crippen LogP contribution in [-0.4, -0.2) is 11.2 Å². The van der Waals surface area contributed by atoms with E-state index in [1.54, 1.807) is 5.57 Å². The van der Waals surface area contributed by atoms with Crippen molar-refractivity contribution in [2.75, 3.05) is 0 Å². The number of fused-ring (bicyclic) bond motifs is 1. The molecule has 3 saturated carbocycles. The van der Waals surface area contributed by atoms with Crippen LogP contribution in [0.4, 0.5) is 0 Å². The summed E-state index contributed by atoms with van der Waals surface area (Å²) in [6.07, 6.45) is 18.8. The SMILES string of the molecule is C=C1CC[C@H](O)C/C1=C\C=C1/CCC[C@]2(C)[C@@H]([C@H](C)/C=C/[C@@H](C)C(C)C)CC[C@@H]12. The number of rotatable bonds is 5. The number of hydrogen-bond donors (Lipinski definition) is 1. The Labute approximate surface area is 180 Å². The van der Waals surface area contributed by atoms with Crippen molar-refractivity contribution in [2.24, 2.45) is 35.0 Å². The Kier molecular flexibility index (Phi) is 7.31. The van der Waals surface area contributed by atoms with Crippen LogP contribution >= 0.6 is 0 Å². The lowest BCUT2D eigenvalue weighted by molar-refractivity contribution is 0.112. The molecule has 0 aromatic carbocycles. The van der Waals surface area contributed by atoms with E-state index in [0.29, 0.717) is 17.3 Å². The topological polar surface area (TPSA) is 20.2 Å². The molecule has 0 saturated heterocycles.